The number of imidazole rings is 1. The number of hydrogen-bond acceptors (Lipinski definition) is 18. The number of phosphoric ester groups is 3. The zero-order chi connectivity index (χ0) is 42.6. The number of nitrogens with one attached hydrogen (secondary N) is 2. The third-order valence-corrected chi connectivity index (χ3v) is 11.9. The molecule has 0 saturated carbocycles. The predicted molar refractivity (Wildman–Crippen MR) is 200 cm³/mol. The molecule has 3 rings (SSSR count). The van der Waals surface area contributed by atoms with E-state index in [9.17, 15) is 57.9 Å². The number of carbonyl (C=O) groups is 3. The molecule has 0 aromatic carbocycles. The van der Waals surface area contributed by atoms with Crippen molar-refractivity contribution in [2.45, 2.75) is 83.5 Å². The highest BCUT2D eigenvalue weighted by atomic mass is 32.2. The van der Waals surface area contributed by atoms with Gasteiger partial charge in [-0.2, -0.15) is 4.31 Å². The Morgan fingerprint density at radius 1 is 1.07 bits per heavy atom. The van der Waals surface area contributed by atoms with Crippen LogP contribution in [0.25, 0.3) is 11.2 Å². The van der Waals surface area contributed by atoms with Crippen molar-refractivity contribution in [1.29, 1.82) is 0 Å². The molecule has 2 aromatic rings. The third kappa shape index (κ3) is 15.8. The Bertz CT molecular complexity index is 1860. The van der Waals surface area contributed by atoms with Gasteiger partial charge in [0.15, 0.2) is 22.8 Å². The number of aliphatic hydroxyl groups is 2. The van der Waals surface area contributed by atoms with Crippen LogP contribution >= 0.6 is 35.2 Å². The number of thioether (sulfide) groups is 1. The largest absolute Gasteiger partial charge is 0.481 e. The zero-order valence-electron chi connectivity index (χ0n) is 31.1. The molecule has 7 atom stereocenters. The molecule has 1 fully saturated rings. The summed E-state index contributed by atoms with van der Waals surface area (Å²) < 4.78 is 62.1. The van der Waals surface area contributed by atoms with Gasteiger partial charge >= 0.3 is 23.5 Å². The summed E-state index contributed by atoms with van der Waals surface area (Å²) in [6, 6.07) is 0. The fraction of sp³-hybridized carbons (Fsp3) is 0.655. The number of anilines is 1. The van der Waals surface area contributed by atoms with E-state index < -0.39 is 84.6 Å². The molecule has 2 aromatic heterocycles. The van der Waals surface area contributed by atoms with Crippen molar-refractivity contribution in [3.05, 3.63) is 24.8 Å². The van der Waals surface area contributed by atoms with Gasteiger partial charge in [0.1, 0.15) is 36.3 Å². The Kier molecular flexibility index (Phi) is 18.4. The molecule has 1 aliphatic rings. The van der Waals surface area contributed by atoms with Gasteiger partial charge < -0.3 is 50.9 Å². The van der Waals surface area contributed by atoms with Crippen LogP contribution in [0.4, 0.5) is 5.82 Å². The van der Waals surface area contributed by atoms with E-state index >= 15 is 0 Å². The number of carbonyl (C=O) groups excluding carboxylic acids is 3. The molecule has 0 bridgehead atoms. The van der Waals surface area contributed by atoms with Crippen LogP contribution in [0.3, 0.4) is 0 Å². The molecule has 2 unspecified atom stereocenters. The summed E-state index contributed by atoms with van der Waals surface area (Å²) in [4.78, 5) is 87.5. The Hall–Kier alpha value is -2.70. The predicted octanol–water partition coefficient (Wildman–Crippen LogP) is 0.801. The minimum absolute atomic E-state index is 0.0311. The minimum atomic E-state index is -5.57. The van der Waals surface area contributed by atoms with Crippen LogP contribution in [0.15, 0.2) is 24.8 Å². The van der Waals surface area contributed by atoms with Gasteiger partial charge in [-0.15, -0.1) is 0 Å². The summed E-state index contributed by atoms with van der Waals surface area (Å²) in [5, 5.41) is 26.4. The first-order valence-electron chi connectivity index (χ1n) is 17.3. The summed E-state index contributed by atoms with van der Waals surface area (Å²) in [6.07, 6.45) is 0.204. The zero-order valence-corrected chi connectivity index (χ0v) is 34.6. The molecule has 1 aliphatic heterocycles. The molecule has 28 heteroatoms. The lowest BCUT2D eigenvalue weighted by Crippen LogP contribution is -2.46. The van der Waals surface area contributed by atoms with Gasteiger partial charge in [0.25, 0.3) is 0 Å². The van der Waals surface area contributed by atoms with Crippen LogP contribution < -0.4 is 16.4 Å². The number of nitrogens with zero attached hydrogens (tertiary/aromatic N) is 4. The van der Waals surface area contributed by atoms with Gasteiger partial charge in [-0.25, -0.2) is 28.6 Å². The van der Waals surface area contributed by atoms with Gasteiger partial charge in [-0.05, 0) is 6.42 Å². The Labute approximate surface area is 330 Å². The van der Waals surface area contributed by atoms with Crippen LogP contribution in [0.2, 0.25) is 0 Å². The second-order valence-corrected chi connectivity index (χ2v) is 18.5. The van der Waals surface area contributed by atoms with Crippen molar-refractivity contribution >= 4 is 69.1 Å². The van der Waals surface area contributed by atoms with E-state index in [0.29, 0.717) is 12.2 Å². The lowest BCUT2D eigenvalue weighted by Gasteiger charge is -2.30. The lowest BCUT2D eigenvalue weighted by atomic mass is 9.87. The standard InChI is InChI=1S/C29H48N7O17P3S/c1-4-5-6-7-8-9-20(38)57-13-12-31-19(37)10-11-32-27(41)24(40)29(2,3)15-50-56(47,48)53-55(45,46)49-14-18-23(52-54(42,43)44)22(39)28(51-18)36-17-35-21-25(30)33-16-34-26(21)36/h7-8,16-18,22-24,28,39-40H,4-6,9-15H2,1-3H3,(H,31,37)(H,32,41)(H,45,46)(H,47,48)(H2,30,33,34)(H2,42,43,44)/b8-7+/t18-,22-,23-,24+,28-/m1/s1. The topological polar surface area (TPSA) is 364 Å². The quantitative estimate of drug-likeness (QED) is 0.0400. The molecule has 57 heavy (non-hydrogen) atoms. The van der Waals surface area contributed by atoms with Crippen molar-refractivity contribution in [3.8, 4) is 0 Å². The molecule has 24 nitrogen and oxygen atoms in total. The number of phosphoric acid groups is 3. The average molecular weight is 892 g/mol. The third-order valence-electron chi connectivity index (χ3n) is 7.94. The number of rotatable bonds is 24. The highest BCUT2D eigenvalue weighted by Crippen LogP contribution is 2.61. The number of aromatic nitrogens is 4. The van der Waals surface area contributed by atoms with Crippen LogP contribution in [0.1, 0.15) is 59.1 Å². The molecule has 0 spiro atoms. The highest BCUT2D eigenvalue weighted by Gasteiger charge is 2.50. The van der Waals surface area contributed by atoms with Crippen molar-refractivity contribution in [2.75, 3.05) is 37.8 Å². The molecule has 0 aliphatic carbocycles. The van der Waals surface area contributed by atoms with Crippen LogP contribution in [0, 0.1) is 5.41 Å². The van der Waals surface area contributed by atoms with Crippen molar-refractivity contribution in [2.24, 2.45) is 5.41 Å². The fourth-order valence-corrected chi connectivity index (χ4v) is 8.45. The molecule has 2 amide bonds. The number of unbranched alkanes of at least 4 members (excludes halogenated alkanes) is 2. The van der Waals surface area contributed by atoms with Crippen LogP contribution in [0.5, 0.6) is 0 Å². The maximum absolute atomic E-state index is 12.7. The number of ether oxygens (including phenoxy) is 1. The van der Waals surface area contributed by atoms with Gasteiger partial charge in [0, 0.05) is 37.1 Å². The molecule has 10 N–H and O–H groups in total. The average Bonchev–Trinajstić information content (AvgIpc) is 3.68. The molecular formula is C29H48N7O17P3S. The van der Waals surface area contributed by atoms with E-state index in [4.69, 9.17) is 19.5 Å². The van der Waals surface area contributed by atoms with Gasteiger partial charge in [0.2, 0.25) is 11.8 Å². The fourth-order valence-electron chi connectivity index (χ4n) is 4.97. The van der Waals surface area contributed by atoms with Crippen molar-refractivity contribution in [3.63, 3.8) is 0 Å². The first kappa shape index (κ1) is 48.7. The smallest absolute Gasteiger partial charge is 0.386 e. The molecular weight excluding hydrogens is 843 g/mol. The second kappa shape index (κ2) is 21.5. The first-order valence-corrected chi connectivity index (χ1v) is 22.8. The van der Waals surface area contributed by atoms with E-state index in [2.05, 4.69) is 41.3 Å². The van der Waals surface area contributed by atoms with Crippen molar-refractivity contribution < 1.29 is 80.5 Å². The van der Waals surface area contributed by atoms with E-state index in [1.54, 1.807) is 0 Å². The number of aliphatic hydroxyl groups excluding tert-OH is 2. The number of allylic oxidation sites excluding steroid dienone is 2. The molecule has 1 saturated heterocycles. The van der Waals surface area contributed by atoms with E-state index in [-0.39, 0.29) is 41.6 Å². The molecule has 3 heterocycles. The Balaban J connectivity index is 1.46. The van der Waals surface area contributed by atoms with Crippen LogP contribution in [-0.2, 0) is 50.7 Å². The second-order valence-electron chi connectivity index (χ2n) is 13.1. The first-order chi connectivity index (χ1) is 26.6. The Morgan fingerprint density at radius 3 is 2.46 bits per heavy atom. The van der Waals surface area contributed by atoms with Crippen molar-refractivity contribution in [1.82, 2.24) is 30.2 Å². The Morgan fingerprint density at radius 2 is 1.77 bits per heavy atom. The summed E-state index contributed by atoms with van der Waals surface area (Å²) in [7, 11) is -16.4. The van der Waals surface area contributed by atoms with E-state index in [0.717, 1.165) is 48.2 Å². The monoisotopic (exact) mass is 891 g/mol. The molecule has 322 valence electrons. The molecule has 0 radical (unpaired) electrons. The number of nitrogens with two attached hydrogens (primary N) is 1. The summed E-state index contributed by atoms with van der Waals surface area (Å²) in [6.45, 7) is 2.59. The van der Waals surface area contributed by atoms with Gasteiger partial charge in [-0.1, -0.05) is 57.5 Å². The number of amides is 2. The minimum Gasteiger partial charge on any atom is -0.386 e. The highest BCUT2D eigenvalue weighted by molar-refractivity contribution is 8.13. The lowest BCUT2D eigenvalue weighted by molar-refractivity contribution is -0.137. The summed E-state index contributed by atoms with van der Waals surface area (Å²) in [5.41, 5.74) is 4.27. The summed E-state index contributed by atoms with van der Waals surface area (Å²) >= 11 is 1.08. The van der Waals surface area contributed by atoms with E-state index in [1.165, 1.54) is 13.8 Å². The number of nitrogen functional groups attached to an aromatic ring is 1. The summed E-state index contributed by atoms with van der Waals surface area (Å²) in [5.74, 6) is -1.09. The van der Waals surface area contributed by atoms with Gasteiger partial charge in [0.05, 0.1) is 19.5 Å². The SMILES string of the molecule is CCCC/C=C/CC(=O)SCCNC(=O)CCNC(=O)[C@H](O)C(C)(C)COP(=O)(O)OP(=O)(O)OC[C@H]1O[C@@H](n2cnc3c(N)ncnc32)[C@H](O)[C@@H]1OP(=O)(O)O. The maximum atomic E-state index is 12.7. The number of fused-ring (bicyclic) bond motifs is 1. The number of hydrogen-bond donors (Lipinski definition) is 9. The maximum Gasteiger partial charge on any atom is 0.481 e. The van der Waals surface area contributed by atoms with E-state index in [1.807, 2.05) is 12.2 Å². The normalized spacial score (nSPS) is 21.6. The van der Waals surface area contributed by atoms with Gasteiger partial charge in [-0.3, -0.25) is 32.5 Å². The van der Waals surface area contributed by atoms with Crippen LogP contribution in [-0.4, -0.2) is 123 Å².